The fourth-order valence-corrected chi connectivity index (χ4v) is 2.71. The Labute approximate surface area is 124 Å². The summed E-state index contributed by atoms with van der Waals surface area (Å²) in [5.74, 6) is -0.0528. The third kappa shape index (κ3) is 3.38. The summed E-state index contributed by atoms with van der Waals surface area (Å²) < 4.78 is 13.5. The second-order valence-corrected chi connectivity index (χ2v) is 5.31. The van der Waals surface area contributed by atoms with Crippen LogP contribution in [0.15, 0.2) is 48.5 Å². The minimum atomic E-state index is -0.257. The lowest BCUT2D eigenvalue weighted by Gasteiger charge is -2.26. The number of rotatable bonds is 5. The van der Waals surface area contributed by atoms with E-state index in [4.69, 9.17) is 11.6 Å². The van der Waals surface area contributed by atoms with E-state index in [2.05, 4.69) is 24.4 Å². The molecule has 0 spiro atoms. The number of likely N-dealkylation sites (N-methyl/N-ethyl adjacent to an activating group) is 1. The van der Waals surface area contributed by atoms with Crippen LogP contribution in [-0.2, 0) is 0 Å². The first-order valence-corrected chi connectivity index (χ1v) is 7.24. The summed E-state index contributed by atoms with van der Waals surface area (Å²) in [5.41, 5.74) is 2.02. The van der Waals surface area contributed by atoms with Crippen LogP contribution >= 0.6 is 11.6 Å². The summed E-state index contributed by atoms with van der Waals surface area (Å²) >= 11 is 6.25. The molecule has 0 aliphatic rings. The molecule has 0 radical (unpaired) electrons. The van der Waals surface area contributed by atoms with E-state index >= 15 is 0 Å². The maximum Gasteiger partial charge on any atom is 0.123 e. The molecule has 0 aliphatic carbocycles. The van der Waals surface area contributed by atoms with Gasteiger partial charge in [-0.2, -0.15) is 0 Å². The predicted molar refractivity (Wildman–Crippen MR) is 82.7 cm³/mol. The molecule has 0 fully saturated rings. The fourth-order valence-electron chi connectivity index (χ4n) is 2.48. The Bertz CT molecular complexity index is 556. The highest BCUT2D eigenvalue weighted by Crippen LogP contribution is 2.34. The van der Waals surface area contributed by atoms with Gasteiger partial charge < -0.3 is 5.32 Å². The minimum Gasteiger partial charge on any atom is -0.310 e. The van der Waals surface area contributed by atoms with Crippen LogP contribution in [0.3, 0.4) is 0 Å². The third-order valence-corrected chi connectivity index (χ3v) is 3.89. The molecular weight excluding hydrogens is 273 g/mol. The highest BCUT2D eigenvalue weighted by Gasteiger charge is 2.22. The molecule has 2 aromatic carbocycles. The first kappa shape index (κ1) is 15.0. The Morgan fingerprint density at radius 3 is 2.50 bits per heavy atom. The molecule has 2 rings (SSSR count). The van der Waals surface area contributed by atoms with Gasteiger partial charge in [0.1, 0.15) is 5.82 Å². The third-order valence-electron chi connectivity index (χ3n) is 3.54. The van der Waals surface area contributed by atoms with Crippen LogP contribution in [0.1, 0.15) is 36.9 Å². The average Bonchev–Trinajstić information content (AvgIpc) is 2.48. The van der Waals surface area contributed by atoms with E-state index in [0.29, 0.717) is 5.02 Å². The van der Waals surface area contributed by atoms with Gasteiger partial charge in [0.05, 0.1) is 0 Å². The smallest absolute Gasteiger partial charge is 0.123 e. The normalized spacial score (nSPS) is 14.0. The number of benzene rings is 2. The molecule has 1 N–H and O–H groups in total. The SMILES string of the molecule is CCNC(c1cc(F)ccc1Cl)C(C)c1ccccc1. The molecule has 0 amide bonds. The van der Waals surface area contributed by atoms with Crippen LogP contribution in [0.2, 0.25) is 5.02 Å². The summed E-state index contributed by atoms with van der Waals surface area (Å²) in [6.07, 6.45) is 0. The molecule has 2 atom stereocenters. The molecule has 1 nitrogen and oxygen atoms in total. The van der Waals surface area contributed by atoms with Crippen LogP contribution in [0, 0.1) is 5.82 Å². The second-order valence-electron chi connectivity index (χ2n) is 4.90. The quantitative estimate of drug-likeness (QED) is 0.823. The van der Waals surface area contributed by atoms with Crippen LogP contribution < -0.4 is 5.32 Å². The van der Waals surface area contributed by atoms with Crippen molar-refractivity contribution in [2.75, 3.05) is 6.54 Å². The first-order chi connectivity index (χ1) is 9.63. The Kier molecular flexibility index (Phi) is 5.16. The van der Waals surface area contributed by atoms with Crippen LogP contribution in [-0.4, -0.2) is 6.54 Å². The predicted octanol–water partition coefficient (Wildman–Crippen LogP) is 4.93. The van der Waals surface area contributed by atoms with E-state index in [1.165, 1.54) is 17.7 Å². The van der Waals surface area contributed by atoms with Crippen LogP contribution in [0.25, 0.3) is 0 Å². The summed E-state index contributed by atoms with van der Waals surface area (Å²) in [4.78, 5) is 0. The molecule has 3 heteroatoms. The lowest BCUT2D eigenvalue weighted by atomic mass is 9.88. The lowest BCUT2D eigenvalue weighted by Crippen LogP contribution is -2.26. The maximum absolute atomic E-state index is 13.5. The zero-order chi connectivity index (χ0) is 14.5. The van der Waals surface area contributed by atoms with Gasteiger partial charge in [0.15, 0.2) is 0 Å². The van der Waals surface area contributed by atoms with Gasteiger partial charge >= 0.3 is 0 Å². The van der Waals surface area contributed by atoms with Crippen molar-refractivity contribution in [3.63, 3.8) is 0 Å². The van der Waals surface area contributed by atoms with E-state index in [0.717, 1.165) is 12.1 Å². The molecule has 2 aromatic rings. The molecule has 2 unspecified atom stereocenters. The Morgan fingerprint density at radius 2 is 1.85 bits per heavy atom. The first-order valence-electron chi connectivity index (χ1n) is 6.86. The van der Waals surface area contributed by atoms with E-state index < -0.39 is 0 Å². The summed E-state index contributed by atoms with van der Waals surface area (Å²) in [6.45, 7) is 4.97. The molecule has 20 heavy (non-hydrogen) atoms. The average molecular weight is 292 g/mol. The van der Waals surface area contributed by atoms with Gasteiger partial charge in [0.25, 0.3) is 0 Å². The van der Waals surface area contributed by atoms with Gasteiger partial charge in [-0.1, -0.05) is 55.8 Å². The fraction of sp³-hybridized carbons (Fsp3) is 0.294. The van der Waals surface area contributed by atoms with Crippen molar-refractivity contribution in [3.8, 4) is 0 Å². The van der Waals surface area contributed by atoms with Crippen molar-refractivity contribution in [2.24, 2.45) is 0 Å². The van der Waals surface area contributed by atoms with Crippen molar-refractivity contribution in [1.29, 1.82) is 0 Å². The highest BCUT2D eigenvalue weighted by molar-refractivity contribution is 6.31. The molecule has 0 bridgehead atoms. The van der Waals surface area contributed by atoms with E-state index in [1.54, 1.807) is 6.07 Å². The Hall–Kier alpha value is -1.38. The van der Waals surface area contributed by atoms with Crippen molar-refractivity contribution < 1.29 is 4.39 Å². The van der Waals surface area contributed by atoms with Crippen LogP contribution in [0.5, 0.6) is 0 Å². The number of nitrogens with one attached hydrogen (secondary N) is 1. The minimum absolute atomic E-state index is 0.00870. The van der Waals surface area contributed by atoms with Crippen molar-refractivity contribution in [3.05, 3.63) is 70.5 Å². The molecule has 106 valence electrons. The Morgan fingerprint density at radius 1 is 1.15 bits per heavy atom. The van der Waals surface area contributed by atoms with Gasteiger partial charge in [0.2, 0.25) is 0 Å². The monoisotopic (exact) mass is 291 g/mol. The van der Waals surface area contributed by atoms with Gasteiger partial charge in [0, 0.05) is 17.0 Å². The zero-order valence-corrected chi connectivity index (χ0v) is 12.5. The maximum atomic E-state index is 13.5. The van der Waals surface area contributed by atoms with Crippen molar-refractivity contribution >= 4 is 11.6 Å². The summed E-state index contributed by atoms with van der Waals surface area (Å²) in [6, 6.07) is 14.7. The zero-order valence-electron chi connectivity index (χ0n) is 11.7. The molecule has 0 saturated heterocycles. The van der Waals surface area contributed by atoms with Gasteiger partial charge in [-0.3, -0.25) is 0 Å². The number of hydrogen-bond acceptors (Lipinski definition) is 1. The van der Waals surface area contributed by atoms with E-state index in [1.807, 2.05) is 25.1 Å². The molecule has 0 aromatic heterocycles. The summed E-state index contributed by atoms with van der Waals surface area (Å²) in [7, 11) is 0. The molecular formula is C17H19ClFN. The van der Waals surface area contributed by atoms with E-state index in [9.17, 15) is 4.39 Å². The van der Waals surface area contributed by atoms with Crippen molar-refractivity contribution in [1.82, 2.24) is 5.32 Å². The molecule has 0 saturated carbocycles. The van der Waals surface area contributed by atoms with Gasteiger partial charge in [-0.25, -0.2) is 4.39 Å². The standard InChI is InChI=1S/C17H19ClFN/c1-3-20-17(12(2)13-7-5-4-6-8-13)15-11-14(19)9-10-16(15)18/h4-12,17,20H,3H2,1-2H3. The molecule has 0 aliphatic heterocycles. The van der Waals surface area contributed by atoms with Crippen molar-refractivity contribution in [2.45, 2.75) is 25.8 Å². The highest BCUT2D eigenvalue weighted by atomic mass is 35.5. The van der Waals surface area contributed by atoms with E-state index in [-0.39, 0.29) is 17.8 Å². The lowest BCUT2D eigenvalue weighted by molar-refractivity contribution is 0.476. The number of hydrogen-bond donors (Lipinski definition) is 1. The van der Waals surface area contributed by atoms with Crippen LogP contribution in [0.4, 0.5) is 4.39 Å². The Balaban J connectivity index is 2.38. The number of halogens is 2. The van der Waals surface area contributed by atoms with Gasteiger partial charge in [-0.15, -0.1) is 0 Å². The molecule has 0 heterocycles. The summed E-state index contributed by atoms with van der Waals surface area (Å²) in [5, 5.41) is 4.01. The second kappa shape index (κ2) is 6.87. The van der Waals surface area contributed by atoms with Gasteiger partial charge in [-0.05, 0) is 35.9 Å². The largest absolute Gasteiger partial charge is 0.310 e. The topological polar surface area (TPSA) is 12.0 Å².